The summed E-state index contributed by atoms with van der Waals surface area (Å²) in [6, 6.07) is 20.3. The van der Waals surface area contributed by atoms with Crippen molar-refractivity contribution in [3.63, 3.8) is 0 Å². The zero-order valence-electron chi connectivity index (χ0n) is 16.8. The van der Waals surface area contributed by atoms with Crippen molar-refractivity contribution in [2.75, 3.05) is 6.54 Å². The fraction of sp³-hybridized carbons (Fsp3) is 0.320. The highest BCUT2D eigenvalue weighted by Gasteiger charge is 2.26. The van der Waals surface area contributed by atoms with Crippen molar-refractivity contribution in [2.24, 2.45) is 0 Å². The minimum Gasteiger partial charge on any atom is -0.508 e. The van der Waals surface area contributed by atoms with Gasteiger partial charge in [0, 0.05) is 36.6 Å². The van der Waals surface area contributed by atoms with Crippen molar-refractivity contribution in [3.8, 4) is 5.75 Å². The van der Waals surface area contributed by atoms with Gasteiger partial charge in [0.15, 0.2) is 0 Å². The van der Waals surface area contributed by atoms with Gasteiger partial charge in [0.05, 0.1) is 6.10 Å². The predicted molar refractivity (Wildman–Crippen MR) is 115 cm³/mol. The Morgan fingerprint density at radius 3 is 2.66 bits per heavy atom. The molecular formula is C25H28N2O2. The lowest BCUT2D eigenvalue weighted by molar-refractivity contribution is 0.0757. The van der Waals surface area contributed by atoms with Crippen LogP contribution in [-0.2, 0) is 19.4 Å². The Morgan fingerprint density at radius 2 is 1.90 bits per heavy atom. The molecular weight excluding hydrogens is 360 g/mol. The van der Waals surface area contributed by atoms with Crippen LogP contribution in [-0.4, -0.2) is 32.7 Å². The van der Waals surface area contributed by atoms with Crippen molar-refractivity contribution in [2.45, 2.75) is 44.9 Å². The maximum Gasteiger partial charge on any atom is 0.115 e. The summed E-state index contributed by atoms with van der Waals surface area (Å²) >= 11 is 0. The first kappa shape index (κ1) is 19.6. The summed E-state index contributed by atoms with van der Waals surface area (Å²) in [5, 5.41) is 20.8. The molecule has 0 amide bonds. The summed E-state index contributed by atoms with van der Waals surface area (Å²) in [4.78, 5) is 6.72. The van der Waals surface area contributed by atoms with Crippen LogP contribution in [0.25, 0.3) is 0 Å². The summed E-state index contributed by atoms with van der Waals surface area (Å²) in [5.41, 5.74) is 5.57. The number of phenolic OH excluding ortho intramolecular Hbond substituents is 1. The summed E-state index contributed by atoms with van der Waals surface area (Å²) in [6.45, 7) is 3.29. The fourth-order valence-corrected chi connectivity index (χ4v) is 4.20. The maximum absolute atomic E-state index is 10.9. The number of hydrogen-bond acceptors (Lipinski definition) is 4. The number of aryl methyl sites for hydroxylation is 2. The van der Waals surface area contributed by atoms with E-state index in [0.717, 1.165) is 37.1 Å². The molecule has 29 heavy (non-hydrogen) atoms. The van der Waals surface area contributed by atoms with Gasteiger partial charge < -0.3 is 10.2 Å². The minimum absolute atomic E-state index is 0.317. The van der Waals surface area contributed by atoms with Crippen LogP contribution >= 0.6 is 0 Å². The molecule has 2 N–H and O–H groups in total. The van der Waals surface area contributed by atoms with Gasteiger partial charge in [-0.05, 0) is 61.1 Å². The quantitative estimate of drug-likeness (QED) is 0.665. The second kappa shape index (κ2) is 8.76. The van der Waals surface area contributed by atoms with Gasteiger partial charge in [0.2, 0.25) is 0 Å². The van der Waals surface area contributed by atoms with Crippen LogP contribution in [0.3, 0.4) is 0 Å². The highest BCUT2D eigenvalue weighted by atomic mass is 16.3. The third kappa shape index (κ3) is 4.84. The number of fused-ring (bicyclic) bond motifs is 1. The predicted octanol–water partition coefficient (Wildman–Crippen LogP) is 4.19. The Morgan fingerprint density at radius 1 is 1.07 bits per heavy atom. The van der Waals surface area contributed by atoms with E-state index in [-0.39, 0.29) is 0 Å². The first-order chi connectivity index (χ1) is 14.1. The lowest BCUT2D eigenvalue weighted by Crippen LogP contribution is -2.41. The summed E-state index contributed by atoms with van der Waals surface area (Å²) < 4.78 is 0. The normalized spacial score (nSPS) is 17.1. The zero-order chi connectivity index (χ0) is 20.2. The number of hydrogen-bond donors (Lipinski definition) is 2. The number of phenols is 1. The number of aromatic nitrogens is 1. The Hall–Kier alpha value is -2.69. The van der Waals surface area contributed by atoms with E-state index < -0.39 is 6.10 Å². The molecule has 1 aliphatic carbocycles. The molecule has 1 aliphatic rings. The summed E-state index contributed by atoms with van der Waals surface area (Å²) in [6.07, 6.45) is 4.11. The highest BCUT2D eigenvalue weighted by Crippen LogP contribution is 2.29. The van der Waals surface area contributed by atoms with Crippen LogP contribution in [0.5, 0.6) is 5.75 Å². The van der Waals surface area contributed by atoms with Crippen LogP contribution in [0.1, 0.15) is 40.5 Å². The molecule has 150 valence electrons. The van der Waals surface area contributed by atoms with E-state index in [1.54, 1.807) is 12.3 Å². The maximum atomic E-state index is 10.9. The average Bonchev–Trinajstić information content (AvgIpc) is 2.74. The standard InChI is InChI=1S/C25H28N2O2/c1-18-7-8-21(15-26-18)25(29)17-27(16-19-5-3-2-4-6-19)23-11-9-20-10-12-24(28)14-22(20)13-23/h2-8,10,12,14-15,23,25,28-29H,9,11,13,16-17H2,1H3/t23-,25+/m0/s1. The van der Waals surface area contributed by atoms with Gasteiger partial charge in [-0.1, -0.05) is 42.5 Å². The first-order valence-electron chi connectivity index (χ1n) is 10.3. The largest absolute Gasteiger partial charge is 0.508 e. The van der Waals surface area contributed by atoms with Gasteiger partial charge in [0.25, 0.3) is 0 Å². The second-order valence-corrected chi connectivity index (χ2v) is 8.01. The smallest absolute Gasteiger partial charge is 0.115 e. The van der Waals surface area contributed by atoms with E-state index in [9.17, 15) is 10.2 Å². The molecule has 0 bridgehead atoms. The molecule has 0 unspecified atom stereocenters. The van der Waals surface area contributed by atoms with E-state index in [1.807, 2.05) is 37.3 Å². The average molecular weight is 389 g/mol. The molecule has 2 aromatic carbocycles. The molecule has 0 fully saturated rings. The molecule has 1 heterocycles. The summed E-state index contributed by atoms with van der Waals surface area (Å²) in [5.74, 6) is 0.324. The van der Waals surface area contributed by atoms with E-state index in [1.165, 1.54) is 16.7 Å². The molecule has 4 heteroatoms. The Balaban J connectivity index is 1.55. The number of pyridine rings is 1. The van der Waals surface area contributed by atoms with E-state index in [4.69, 9.17) is 0 Å². The van der Waals surface area contributed by atoms with Gasteiger partial charge in [-0.25, -0.2) is 0 Å². The molecule has 0 spiro atoms. The Bertz CT molecular complexity index is 941. The molecule has 0 radical (unpaired) electrons. The molecule has 2 atom stereocenters. The van der Waals surface area contributed by atoms with Gasteiger partial charge in [-0.15, -0.1) is 0 Å². The number of aromatic hydroxyl groups is 1. The molecule has 0 saturated heterocycles. The highest BCUT2D eigenvalue weighted by molar-refractivity contribution is 5.37. The van der Waals surface area contributed by atoms with Crippen molar-refractivity contribution >= 4 is 0 Å². The molecule has 0 aliphatic heterocycles. The lowest BCUT2D eigenvalue weighted by atomic mass is 9.87. The van der Waals surface area contributed by atoms with Gasteiger partial charge >= 0.3 is 0 Å². The molecule has 4 rings (SSSR count). The van der Waals surface area contributed by atoms with Gasteiger partial charge in [-0.3, -0.25) is 9.88 Å². The van der Waals surface area contributed by atoms with Crippen molar-refractivity contribution in [1.82, 2.24) is 9.88 Å². The molecule has 4 nitrogen and oxygen atoms in total. The van der Waals surface area contributed by atoms with E-state index >= 15 is 0 Å². The number of benzene rings is 2. The van der Waals surface area contributed by atoms with Gasteiger partial charge in [0.1, 0.15) is 5.75 Å². The molecule has 0 saturated carbocycles. The van der Waals surface area contributed by atoms with E-state index in [2.05, 4.69) is 34.1 Å². The van der Waals surface area contributed by atoms with Crippen LogP contribution in [0, 0.1) is 6.92 Å². The Labute approximate surface area is 172 Å². The first-order valence-corrected chi connectivity index (χ1v) is 10.3. The number of rotatable bonds is 6. The van der Waals surface area contributed by atoms with Crippen LogP contribution in [0.4, 0.5) is 0 Å². The van der Waals surface area contributed by atoms with Crippen LogP contribution in [0.15, 0.2) is 66.9 Å². The summed E-state index contributed by atoms with van der Waals surface area (Å²) in [7, 11) is 0. The monoisotopic (exact) mass is 388 g/mol. The number of aliphatic hydroxyl groups excluding tert-OH is 1. The SMILES string of the molecule is Cc1ccc([C@H](O)CN(Cc2ccccc2)[C@H]2CCc3ccc(O)cc3C2)cn1. The minimum atomic E-state index is -0.586. The molecule has 1 aromatic heterocycles. The third-order valence-electron chi connectivity index (χ3n) is 5.86. The van der Waals surface area contributed by atoms with Crippen LogP contribution < -0.4 is 0 Å². The van der Waals surface area contributed by atoms with E-state index in [0.29, 0.717) is 18.3 Å². The second-order valence-electron chi connectivity index (χ2n) is 8.01. The Kier molecular flexibility index (Phi) is 5.93. The van der Waals surface area contributed by atoms with Crippen molar-refractivity contribution in [3.05, 3.63) is 94.8 Å². The van der Waals surface area contributed by atoms with Crippen molar-refractivity contribution < 1.29 is 10.2 Å². The zero-order valence-corrected chi connectivity index (χ0v) is 16.8. The fourth-order valence-electron chi connectivity index (χ4n) is 4.20. The van der Waals surface area contributed by atoms with Gasteiger partial charge in [-0.2, -0.15) is 0 Å². The van der Waals surface area contributed by atoms with Crippen molar-refractivity contribution in [1.29, 1.82) is 0 Å². The van der Waals surface area contributed by atoms with Crippen LogP contribution in [0.2, 0.25) is 0 Å². The number of nitrogens with zero attached hydrogens (tertiary/aromatic N) is 2. The lowest BCUT2D eigenvalue weighted by Gasteiger charge is -2.36. The third-order valence-corrected chi connectivity index (χ3v) is 5.86. The topological polar surface area (TPSA) is 56.6 Å². The number of aliphatic hydroxyl groups is 1. The molecule has 3 aromatic rings.